The molecule has 0 amide bonds. The second kappa shape index (κ2) is 5.60. The van der Waals surface area contributed by atoms with Gasteiger partial charge in [0.15, 0.2) is 11.1 Å². The third kappa shape index (κ3) is 3.72. The van der Waals surface area contributed by atoms with Crippen LogP contribution in [0.1, 0.15) is 44.9 Å². The molecule has 0 radical (unpaired) electrons. The molecule has 1 aromatic rings. The minimum absolute atomic E-state index is 0.0907. The molecule has 0 aliphatic heterocycles. The molecule has 0 bridgehead atoms. The van der Waals surface area contributed by atoms with E-state index in [1.807, 2.05) is 58.0 Å². The molecule has 2 atom stereocenters. The van der Waals surface area contributed by atoms with E-state index < -0.39 is 11.1 Å². The van der Waals surface area contributed by atoms with Crippen LogP contribution in [0.2, 0.25) is 0 Å². The predicted molar refractivity (Wildman–Crippen MR) is 68.5 cm³/mol. The summed E-state index contributed by atoms with van der Waals surface area (Å²) in [6, 6.07) is 9.81. The van der Waals surface area contributed by atoms with Gasteiger partial charge in [0.2, 0.25) is 0 Å². The van der Waals surface area contributed by atoms with E-state index in [9.17, 15) is 4.21 Å². The van der Waals surface area contributed by atoms with Gasteiger partial charge in [-0.3, -0.25) is 4.18 Å². The van der Waals surface area contributed by atoms with Gasteiger partial charge in [0, 0.05) is 0 Å². The van der Waals surface area contributed by atoms with Crippen LogP contribution >= 0.6 is 0 Å². The quantitative estimate of drug-likeness (QED) is 0.785. The lowest BCUT2D eigenvalue weighted by Crippen LogP contribution is -2.25. The topological polar surface area (TPSA) is 26.3 Å². The number of benzene rings is 1. The highest BCUT2D eigenvalue weighted by Gasteiger charge is 2.23. The molecule has 90 valence electrons. The third-order valence-corrected chi connectivity index (χ3v) is 4.18. The summed E-state index contributed by atoms with van der Waals surface area (Å²) in [5, 5.41) is -0.0907. The van der Waals surface area contributed by atoms with E-state index in [0.717, 1.165) is 12.0 Å². The summed E-state index contributed by atoms with van der Waals surface area (Å²) in [6.45, 7) is 7.88. The van der Waals surface area contributed by atoms with Gasteiger partial charge in [-0.25, -0.2) is 4.21 Å². The van der Waals surface area contributed by atoms with Gasteiger partial charge in [-0.2, -0.15) is 0 Å². The lowest BCUT2D eigenvalue weighted by molar-refractivity contribution is 0.123. The smallest absolute Gasteiger partial charge is 0.163 e. The van der Waals surface area contributed by atoms with Crippen molar-refractivity contribution < 1.29 is 8.39 Å². The minimum atomic E-state index is -1.29. The summed E-state index contributed by atoms with van der Waals surface area (Å²) < 4.78 is 17.6. The fourth-order valence-corrected chi connectivity index (χ4v) is 2.27. The second-order valence-electron chi connectivity index (χ2n) is 4.51. The van der Waals surface area contributed by atoms with Gasteiger partial charge in [0.05, 0.1) is 10.9 Å². The van der Waals surface area contributed by atoms with Crippen molar-refractivity contribution in [3.63, 3.8) is 0 Å². The Balaban J connectivity index is 2.69. The molecule has 1 unspecified atom stereocenters. The van der Waals surface area contributed by atoms with E-state index in [2.05, 4.69) is 0 Å². The molecule has 0 saturated carbocycles. The van der Waals surface area contributed by atoms with Crippen LogP contribution in [0.15, 0.2) is 30.3 Å². The number of rotatable bonds is 5. The average Bonchev–Trinajstić information content (AvgIpc) is 2.28. The second-order valence-corrected chi connectivity index (χ2v) is 5.90. The van der Waals surface area contributed by atoms with Crippen molar-refractivity contribution >= 4 is 11.1 Å². The van der Waals surface area contributed by atoms with Crippen molar-refractivity contribution in [2.75, 3.05) is 0 Å². The van der Waals surface area contributed by atoms with Crippen LogP contribution in [0.3, 0.4) is 0 Å². The molecule has 0 heterocycles. The molecule has 0 aromatic heterocycles. The van der Waals surface area contributed by atoms with Gasteiger partial charge in [-0.05, 0) is 32.8 Å². The van der Waals surface area contributed by atoms with E-state index in [0.29, 0.717) is 0 Å². The van der Waals surface area contributed by atoms with E-state index in [1.54, 1.807) is 0 Å². The van der Waals surface area contributed by atoms with Crippen molar-refractivity contribution in [1.29, 1.82) is 0 Å². The lowest BCUT2D eigenvalue weighted by Gasteiger charge is -2.24. The number of hydrogen-bond acceptors (Lipinski definition) is 2. The van der Waals surface area contributed by atoms with E-state index in [4.69, 9.17) is 4.18 Å². The molecule has 0 N–H and O–H groups in total. The summed E-state index contributed by atoms with van der Waals surface area (Å²) in [5.41, 5.74) is 0.723. The SMILES string of the molecule is CCC(C)(C)OS(=O)[C@@H](C)c1ccccc1. The van der Waals surface area contributed by atoms with Crippen molar-refractivity contribution in [3.05, 3.63) is 35.9 Å². The normalized spacial score (nSPS) is 15.8. The van der Waals surface area contributed by atoms with Crippen LogP contribution < -0.4 is 0 Å². The highest BCUT2D eigenvalue weighted by Crippen LogP contribution is 2.25. The Hall–Kier alpha value is -0.670. The zero-order valence-corrected chi connectivity index (χ0v) is 11.2. The lowest BCUT2D eigenvalue weighted by atomic mass is 10.1. The zero-order chi connectivity index (χ0) is 12.2. The van der Waals surface area contributed by atoms with Gasteiger partial charge >= 0.3 is 0 Å². The van der Waals surface area contributed by atoms with Crippen LogP contribution in [0.4, 0.5) is 0 Å². The number of hydrogen-bond donors (Lipinski definition) is 0. The molecule has 0 spiro atoms. The van der Waals surface area contributed by atoms with Crippen molar-refractivity contribution in [2.24, 2.45) is 0 Å². The fraction of sp³-hybridized carbons (Fsp3) is 0.538. The first-order valence-corrected chi connectivity index (χ1v) is 6.75. The predicted octanol–water partition coefficient (Wildman–Crippen LogP) is 3.62. The van der Waals surface area contributed by atoms with Crippen LogP contribution in [0.5, 0.6) is 0 Å². The van der Waals surface area contributed by atoms with Crippen LogP contribution in [0.25, 0.3) is 0 Å². The summed E-state index contributed by atoms with van der Waals surface area (Å²) in [4.78, 5) is 0. The van der Waals surface area contributed by atoms with Gasteiger partial charge in [0.1, 0.15) is 0 Å². The summed E-state index contributed by atoms with van der Waals surface area (Å²) in [7, 11) is 0. The molecule has 0 aliphatic rings. The van der Waals surface area contributed by atoms with E-state index in [-0.39, 0.29) is 10.9 Å². The standard InChI is InChI=1S/C13H20O2S/c1-5-13(3,4)15-16(14)11(2)12-9-7-6-8-10-12/h6-11H,5H2,1-4H3/t11-,16?/m0/s1. The summed E-state index contributed by atoms with van der Waals surface area (Å²) in [5.74, 6) is 0. The largest absolute Gasteiger partial charge is 0.284 e. The Bertz CT molecular complexity index is 346. The maximum Gasteiger partial charge on any atom is 0.163 e. The minimum Gasteiger partial charge on any atom is -0.284 e. The zero-order valence-electron chi connectivity index (χ0n) is 10.4. The molecule has 0 aliphatic carbocycles. The van der Waals surface area contributed by atoms with Crippen LogP contribution in [0, 0.1) is 0 Å². The third-order valence-electron chi connectivity index (χ3n) is 2.72. The highest BCUT2D eigenvalue weighted by molar-refractivity contribution is 7.80. The summed E-state index contributed by atoms with van der Waals surface area (Å²) >= 11 is -1.29. The van der Waals surface area contributed by atoms with Crippen molar-refractivity contribution in [2.45, 2.75) is 45.0 Å². The fourth-order valence-electron chi connectivity index (χ4n) is 1.19. The molecule has 2 nitrogen and oxygen atoms in total. The van der Waals surface area contributed by atoms with Gasteiger partial charge < -0.3 is 0 Å². The molecule has 0 fully saturated rings. The molecular formula is C13H20O2S. The molecule has 16 heavy (non-hydrogen) atoms. The maximum absolute atomic E-state index is 12.0. The van der Waals surface area contributed by atoms with Crippen molar-refractivity contribution in [1.82, 2.24) is 0 Å². The Labute approximate surface area is 101 Å². The average molecular weight is 240 g/mol. The van der Waals surface area contributed by atoms with Crippen LogP contribution in [-0.4, -0.2) is 9.81 Å². The van der Waals surface area contributed by atoms with Crippen LogP contribution in [-0.2, 0) is 15.3 Å². The van der Waals surface area contributed by atoms with Gasteiger partial charge in [0.25, 0.3) is 0 Å². The molecule has 1 rings (SSSR count). The van der Waals surface area contributed by atoms with Gasteiger partial charge in [-0.15, -0.1) is 0 Å². The Morgan fingerprint density at radius 3 is 2.38 bits per heavy atom. The Morgan fingerprint density at radius 2 is 1.88 bits per heavy atom. The Kier molecular flexibility index (Phi) is 4.69. The highest BCUT2D eigenvalue weighted by atomic mass is 32.2. The maximum atomic E-state index is 12.0. The van der Waals surface area contributed by atoms with E-state index >= 15 is 0 Å². The monoisotopic (exact) mass is 240 g/mol. The van der Waals surface area contributed by atoms with Crippen molar-refractivity contribution in [3.8, 4) is 0 Å². The Morgan fingerprint density at radius 1 is 1.31 bits per heavy atom. The molecule has 0 saturated heterocycles. The van der Waals surface area contributed by atoms with E-state index in [1.165, 1.54) is 0 Å². The first-order chi connectivity index (χ1) is 7.46. The first-order valence-electron chi connectivity index (χ1n) is 5.61. The molecule has 3 heteroatoms. The molecular weight excluding hydrogens is 220 g/mol. The first kappa shape index (κ1) is 13.4. The van der Waals surface area contributed by atoms with Gasteiger partial charge in [-0.1, -0.05) is 37.3 Å². The summed E-state index contributed by atoms with van der Waals surface area (Å²) in [6.07, 6.45) is 0.847. The molecule has 1 aromatic carbocycles.